The highest BCUT2D eigenvalue weighted by atomic mass is 19.1. The Hall–Kier alpha value is -2.02. The SMILES string of the molecule is NCc1ccnc(F)c1N1CCC(=O)NC1=O. The lowest BCUT2D eigenvalue weighted by molar-refractivity contribution is -0.120. The first-order valence-electron chi connectivity index (χ1n) is 5.08. The molecule has 0 unspecified atom stereocenters. The predicted molar refractivity (Wildman–Crippen MR) is 57.6 cm³/mol. The second-order valence-corrected chi connectivity index (χ2v) is 3.57. The molecule has 0 spiro atoms. The van der Waals surface area contributed by atoms with E-state index in [9.17, 15) is 14.0 Å². The highest BCUT2D eigenvalue weighted by Gasteiger charge is 2.28. The molecule has 2 rings (SSSR count). The molecule has 1 aliphatic rings. The number of aromatic nitrogens is 1. The van der Waals surface area contributed by atoms with Crippen LogP contribution in [0.15, 0.2) is 12.3 Å². The highest BCUT2D eigenvalue weighted by molar-refractivity contribution is 6.05. The number of nitrogens with one attached hydrogen (secondary N) is 1. The fourth-order valence-corrected chi connectivity index (χ4v) is 1.69. The van der Waals surface area contributed by atoms with Crippen molar-refractivity contribution in [1.29, 1.82) is 0 Å². The Morgan fingerprint density at radius 2 is 2.29 bits per heavy atom. The first-order chi connectivity index (χ1) is 8.13. The first kappa shape index (κ1) is 11.5. The topological polar surface area (TPSA) is 88.3 Å². The maximum absolute atomic E-state index is 13.6. The summed E-state index contributed by atoms with van der Waals surface area (Å²) < 4.78 is 13.6. The lowest BCUT2D eigenvalue weighted by Gasteiger charge is -2.27. The zero-order valence-electron chi connectivity index (χ0n) is 8.94. The van der Waals surface area contributed by atoms with Crippen molar-refractivity contribution in [3.63, 3.8) is 0 Å². The monoisotopic (exact) mass is 238 g/mol. The minimum absolute atomic E-state index is 0.0417. The molecule has 0 saturated carbocycles. The fraction of sp³-hybridized carbons (Fsp3) is 0.300. The van der Waals surface area contributed by atoms with Crippen molar-refractivity contribution >= 4 is 17.6 Å². The highest BCUT2D eigenvalue weighted by Crippen LogP contribution is 2.24. The molecule has 1 aliphatic heterocycles. The number of amides is 3. The van der Waals surface area contributed by atoms with Crippen LogP contribution >= 0.6 is 0 Å². The minimum atomic E-state index is -0.766. The summed E-state index contributed by atoms with van der Waals surface area (Å²) in [5, 5.41) is 2.12. The molecule has 1 aromatic heterocycles. The molecule has 0 aliphatic carbocycles. The quantitative estimate of drug-likeness (QED) is 0.716. The second kappa shape index (κ2) is 4.46. The van der Waals surface area contributed by atoms with Crippen LogP contribution < -0.4 is 16.0 Å². The van der Waals surface area contributed by atoms with Gasteiger partial charge in [0.15, 0.2) is 0 Å². The zero-order valence-corrected chi connectivity index (χ0v) is 8.94. The lowest BCUT2D eigenvalue weighted by atomic mass is 10.2. The van der Waals surface area contributed by atoms with Gasteiger partial charge in [-0.3, -0.25) is 15.0 Å². The van der Waals surface area contributed by atoms with E-state index in [0.717, 1.165) is 4.90 Å². The molecule has 1 aromatic rings. The average Bonchev–Trinajstić information content (AvgIpc) is 2.30. The van der Waals surface area contributed by atoms with Crippen LogP contribution in [0.5, 0.6) is 0 Å². The number of urea groups is 1. The minimum Gasteiger partial charge on any atom is -0.326 e. The van der Waals surface area contributed by atoms with E-state index in [1.165, 1.54) is 6.20 Å². The Morgan fingerprint density at radius 1 is 1.53 bits per heavy atom. The van der Waals surface area contributed by atoms with Gasteiger partial charge in [-0.2, -0.15) is 4.39 Å². The summed E-state index contributed by atoms with van der Waals surface area (Å²) in [4.78, 5) is 27.2. The van der Waals surface area contributed by atoms with Crippen LogP contribution in [-0.4, -0.2) is 23.5 Å². The predicted octanol–water partition coefficient (Wildman–Crippen LogP) is 0.126. The standard InChI is InChI=1S/C10H11FN4O2/c11-9-8(6(5-12)1-3-13-9)15-4-2-7(16)14-10(15)17/h1,3H,2,4-5,12H2,(H,14,16,17). The summed E-state index contributed by atoms with van der Waals surface area (Å²) in [6.07, 6.45) is 1.41. The van der Waals surface area contributed by atoms with Crippen LogP contribution in [0.1, 0.15) is 12.0 Å². The van der Waals surface area contributed by atoms with Gasteiger partial charge in [-0.1, -0.05) is 0 Å². The Kier molecular flexibility index (Phi) is 3.01. The Labute approximate surface area is 96.6 Å². The van der Waals surface area contributed by atoms with E-state index in [4.69, 9.17) is 5.73 Å². The van der Waals surface area contributed by atoms with E-state index >= 15 is 0 Å². The van der Waals surface area contributed by atoms with Gasteiger partial charge in [0.1, 0.15) is 5.69 Å². The van der Waals surface area contributed by atoms with Crippen molar-refractivity contribution in [1.82, 2.24) is 10.3 Å². The largest absolute Gasteiger partial charge is 0.328 e. The van der Waals surface area contributed by atoms with Crippen molar-refractivity contribution in [2.75, 3.05) is 11.4 Å². The van der Waals surface area contributed by atoms with Gasteiger partial charge in [0.2, 0.25) is 11.9 Å². The van der Waals surface area contributed by atoms with Gasteiger partial charge in [0.05, 0.1) is 0 Å². The summed E-state index contributed by atoms with van der Waals surface area (Å²) in [5.41, 5.74) is 5.99. The number of halogens is 1. The third-order valence-electron chi connectivity index (χ3n) is 2.51. The number of anilines is 1. The number of hydrogen-bond acceptors (Lipinski definition) is 4. The molecule has 0 bridgehead atoms. The summed E-state index contributed by atoms with van der Waals surface area (Å²) in [6.45, 7) is 0.215. The molecule has 6 nitrogen and oxygen atoms in total. The van der Waals surface area contributed by atoms with E-state index < -0.39 is 12.0 Å². The maximum atomic E-state index is 13.6. The Bertz CT molecular complexity index is 477. The van der Waals surface area contributed by atoms with E-state index in [1.807, 2.05) is 0 Å². The summed E-state index contributed by atoms with van der Waals surface area (Å²) >= 11 is 0. The van der Waals surface area contributed by atoms with E-state index in [2.05, 4.69) is 10.3 Å². The van der Waals surface area contributed by atoms with Crippen LogP contribution in [0.3, 0.4) is 0 Å². The zero-order chi connectivity index (χ0) is 12.4. The Morgan fingerprint density at radius 3 is 2.94 bits per heavy atom. The molecular weight excluding hydrogens is 227 g/mol. The van der Waals surface area contributed by atoms with Gasteiger partial charge in [-0.15, -0.1) is 0 Å². The van der Waals surface area contributed by atoms with Crippen molar-refractivity contribution < 1.29 is 14.0 Å². The van der Waals surface area contributed by atoms with Gasteiger partial charge in [0, 0.05) is 25.7 Å². The van der Waals surface area contributed by atoms with Crippen LogP contribution in [-0.2, 0) is 11.3 Å². The smallest absolute Gasteiger partial charge is 0.326 e. The third kappa shape index (κ3) is 2.09. The summed E-state index contributed by atoms with van der Waals surface area (Å²) in [5.74, 6) is -1.14. The average molecular weight is 238 g/mol. The number of imide groups is 1. The van der Waals surface area contributed by atoms with Gasteiger partial charge in [0.25, 0.3) is 0 Å². The first-order valence-corrected chi connectivity index (χ1v) is 5.08. The van der Waals surface area contributed by atoms with E-state index in [0.29, 0.717) is 5.56 Å². The van der Waals surface area contributed by atoms with Gasteiger partial charge < -0.3 is 5.73 Å². The van der Waals surface area contributed by atoms with Gasteiger partial charge in [-0.25, -0.2) is 9.78 Å². The van der Waals surface area contributed by atoms with Crippen molar-refractivity contribution in [2.24, 2.45) is 5.73 Å². The number of nitrogens with two attached hydrogens (primary N) is 1. The van der Waals surface area contributed by atoms with Crippen molar-refractivity contribution in [3.8, 4) is 0 Å². The summed E-state index contributed by atoms with van der Waals surface area (Å²) in [7, 11) is 0. The molecule has 7 heteroatoms. The van der Waals surface area contributed by atoms with Gasteiger partial charge in [-0.05, 0) is 11.6 Å². The molecule has 3 amide bonds. The number of carbonyl (C=O) groups is 2. The lowest BCUT2D eigenvalue weighted by Crippen LogP contribution is -2.50. The van der Waals surface area contributed by atoms with Crippen molar-refractivity contribution in [2.45, 2.75) is 13.0 Å². The van der Waals surface area contributed by atoms with Gasteiger partial charge >= 0.3 is 6.03 Å². The molecule has 1 fully saturated rings. The number of pyridine rings is 1. The molecular formula is C10H11FN4O2. The van der Waals surface area contributed by atoms with Crippen molar-refractivity contribution in [3.05, 3.63) is 23.8 Å². The number of rotatable bonds is 2. The van der Waals surface area contributed by atoms with E-state index in [1.54, 1.807) is 6.07 Å². The maximum Gasteiger partial charge on any atom is 0.328 e. The van der Waals surface area contributed by atoms with E-state index in [-0.39, 0.29) is 31.1 Å². The second-order valence-electron chi connectivity index (χ2n) is 3.57. The molecule has 3 N–H and O–H groups in total. The molecule has 1 saturated heterocycles. The summed E-state index contributed by atoms with van der Waals surface area (Å²) in [6, 6.07) is 0.894. The van der Waals surface area contributed by atoms with Crippen LogP contribution in [0.25, 0.3) is 0 Å². The molecule has 0 radical (unpaired) electrons. The molecule has 2 heterocycles. The fourth-order valence-electron chi connectivity index (χ4n) is 1.69. The Balaban J connectivity index is 2.39. The number of hydrogen-bond donors (Lipinski definition) is 2. The normalized spacial score (nSPS) is 16.0. The van der Waals surface area contributed by atoms with Crippen LogP contribution in [0, 0.1) is 5.95 Å². The van der Waals surface area contributed by atoms with Crippen LogP contribution in [0.4, 0.5) is 14.9 Å². The number of carbonyl (C=O) groups excluding carboxylic acids is 2. The molecule has 90 valence electrons. The number of nitrogens with zero attached hydrogens (tertiary/aromatic N) is 2. The van der Waals surface area contributed by atoms with Crippen LogP contribution in [0.2, 0.25) is 0 Å². The molecule has 0 aromatic carbocycles. The molecule has 17 heavy (non-hydrogen) atoms. The third-order valence-corrected chi connectivity index (χ3v) is 2.51. The molecule has 0 atom stereocenters.